The minimum atomic E-state index is 0.713. The van der Waals surface area contributed by atoms with Crippen molar-refractivity contribution in [2.24, 2.45) is 0 Å². The molecule has 0 spiro atoms. The summed E-state index contributed by atoms with van der Waals surface area (Å²) in [6, 6.07) is 18.8. The van der Waals surface area contributed by atoms with Crippen molar-refractivity contribution in [3.8, 4) is 45.4 Å². The van der Waals surface area contributed by atoms with Gasteiger partial charge in [-0.1, -0.05) is 30.3 Å². The van der Waals surface area contributed by atoms with Crippen LogP contribution in [0.4, 0.5) is 0 Å². The molecule has 1 aliphatic heterocycles. The number of fused-ring (bicyclic) bond motifs is 4. The molecule has 1 aliphatic rings. The first kappa shape index (κ1) is 20.2. The molecule has 0 atom stereocenters. The van der Waals surface area contributed by atoms with Crippen LogP contribution in [0.1, 0.15) is 5.56 Å². The fourth-order valence-electron chi connectivity index (χ4n) is 4.67. The van der Waals surface area contributed by atoms with E-state index < -0.39 is 0 Å². The molecule has 0 amide bonds. The fourth-order valence-corrected chi connectivity index (χ4v) is 4.67. The summed E-state index contributed by atoms with van der Waals surface area (Å²) < 4.78 is 24.8. The van der Waals surface area contributed by atoms with Crippen molar-refractivity contribution in [1.82, 2.24) is 0 Å². The monoisotopic (exact) mass is 428 g/mol. The van der Waals surface area contributed by atoms with E-state index in [-0.39, 0.29) is 0 Å². The van der Waals surface area contributed by atoms with Gasteiger partial charge < -0.3 is 18.9 Å². The van der Waals surface area contributed by atoms with Gasteiger partial charge in [-0.25, -0.2) is 0 Å². The number of pyridine rings is 1. The number of aromatic nitrogens is 1. The molecule has 0 saturated carbocycles. The van der Waals surface area contributed by atoms with Crippen LogP contribution in [0.2, 0.25) is 0 Å². The molecule has 5 heteroatoms. The summed E-state index contributed by atoms with van der Waals surface area (Å²) in [6.45, 7) is 0.877. The molecule has 5 rings (SSSR count). The highest BCUT2D eigenvalue weighted by molar-refractivity contribution is 6.03. The molecular formula is C27H26NO4+. The van der Waals surface area contributed by atoms with E-state index in [0.717, 1.165) is 63.4 Å². The number of hydrogen-bond donors (Lipinski definition) is 0. The van der Waals surface area contributed by atoms with Crippen molar-refractivity contribution < 1.29 is 23.5 Å². The van der Waals surface area contributed by atoms with Crippen molar-refractivity contribution in [3.63, 3.8) is 0 Å². The molecule has 0 N–H and O–H groups in total. The molecule has 2 heterocycles. The van der Waals surface area contributed by atoms with E-state index in [0.29, 0.717) is 5.75 Å². The third-order valence-corrected chi connectivity index (χ3v) is 6.19. The van der Waals surface area contributed by atoms with Gasteiger partial charge in [0.25, 0.3) is 0 Å². The summed E-state index contributed by atoms with van der Waals surface area (Å²) in [6.07, 6.45) is 3.12. The van der Waals surface area contributed by atoms with E-state index in [9.17, 15) is 0 Å². The number of methoxy groups -OCH3 is 4. The average Bonchev–Trinajstić information content (AvgIpc) is 2.85. The Bertz CT molecular complexity index is 1320. The summed E-state index contributed by atoms with van der Waals surface area (Å²) in [7, 11) is 6.70. The van der Waals surface area contributed by atoms with E-state index in [2.05, 4.69) is 59.3 Å². The van der Waals surface area contributed by atoms with Gasteiger partial charge in [-0.15, -0.1) is 0 Å². The quantitative estimate of drug-likeness (QED) is 0.417. The van der Waals surface area contributed by atoms with Crippen LogP contribution >= 0.6 is 0 Å². The molecule has 0 unspecified atom stereocenters. The lowest BCUT2D eigenvalue weighted by atomic mass is 9.88. The van der Waals surface area contributed by atoms with Crippen molar-refractivity contribution >= 4 is 10.8 Å². The van der Waals surface area contributed by atoms with E-state index >= 15 is 0 Å². The predicted octanol–water partition coefficient (Wildman–Crippen LogP) is 5.05. The van der Waals surface area contributed by atoms with Crippen LogP contribution in [-0.4, -0.2) is 28.4 Å². The molecule has 0 aliphatic carbocycles. The number of benzene rings is 3. The summed E-state index contributed by atoms with van der Waals surface area (Å²) in [4.78, 5) is 0. The lowest BCUT2D eigenvalue weighted by Crippen LogP contribution is -2.40. The van der Waals surface area contributed by atoms with Crippen molar-refractivity contribution in [1.29, 1.82) is 0 Å². The van der Waals surface area contributed by atoms with Crippen LogP contribution in [0, 0.1) is 0 Å². The minimum absolute atomic E-state index is 0.713. The number of hydrogen-bond acceptors (Lipinski definition) is 4. The average molecular weight is 429 g/mol. The Morgan fingerprint density at radius 2 is 1.34 bits per heavy atom. The first-order valence-electron chi connectivity index (χ1n) is 10.6. The molecule has 0 saturated heterocycles. The van der Waals surface area contributed by atoms with Crippen LogP contribution in [0.5, 0.6) is 23.0 Å². The van der Waals surface area contributed by atoms with Gasteiger partial charge in [-0.2, -0.15) is 4.57 Å². The first-order chi connectivity index (χ1) is 15.7. The maximum absolute atomic E-state index is 5.65. The van der Waals surface area contributed by atoms with Gasteiger partial charge in [0.15, 0.2) is 35.7 Å². The van der Waals surface area contributed by atoms with Crippen LogP contribution in [0.25, 0.3) is 33.2 Å². The normalized spacial score (nSPS) is 12.1. The Morgan fingerprint density at radius 3 is 2.03 bits per heavy atom. The predicted molar refractivity (Wildman–Crippen MR) is 125 cm³/mol. The van der Waals surface area contributed by atoms with E-state index in [1.54, 1.807) is 28.4 Å². The standard InChI is InChI=1S/C27H26NO4/c1-29-22-12-18-10-11-28-16-19-13-23(30-2)24(31-3)14-20(19)26(17-8-6-5-7-9-17)27(28)21(18)15-25(22)32-4/h5-9,12-16H,10-11H2,1-4H3/q+1. The third-order valence-electron chi connectivity index (χ3n) is 6.19. The van der Waals surface area contributed by atoms with Gasteiger partial charge in [0, 0.05) is 11.8 Å². The second kappa shape index (κ2) is 8.08. The first-order valence-corrected chi connectivity index (χ1v) is 10.6. The van der Waals surface area contributed by atoms with Crippen LogP contribution in [-0.2, 0) is 13.0 Å². The topological polar surface area (TPSA) is 40.8 Å². The zero-order valence-corrected chi connectivity index (χ0v) is 18.8. The largest absolute Gasteiger partial charge is 0.493 e. The molecule has 0 radical (unpaired) electrons. The molecule has 32 heavy (non-hydrogen) atoms. The Labute approximate surface area is 187 Å². The Hall–Kier alpha value is -3.73. The summed E-state index contributed by atoms with van der Waals surface area (Å²) in [5.41, 5.74) is 5.89. The lowest BCUT2D eigenvalue weighted by Gasteiger charge is -2.21. The number of ether oxygens (including phenoxy) is 4. The van der Waals surface area contributed by atoms with Gasteiger partial charge in [-0.3, -0.25) is 0 Å². The molecule has 0 fully saturated rings. The summed E-state index contributed by atoms with van der Waals surface area (Å²) in [5, 5.41) is 2.22. The molecule has 162 valence electrons. The lowest BCUT2D eigenvalue weighted by molar-refractivity contribution is -0.685. The number of nitrogens with zero attached hydrogens (tertiary/aromatic N) is 1. The van der Waals surface area contributed by atoms with Gasteiger partial charge in [-0.05, 0) is 35.4 Å². The minimum Gasteiger partial charge on any atom is -0.493 e. The van der Waals surface area contributed by atoms with Gasteiger partial charge in [0.2, 0.25) is 5.69 Å². The van der Waals surface area contributed by atoms with Crippen LogP contribution in [0.15, 0.2) is 60.8 Å². The Balaban J connectivity index is 1.91. The molecule has 3 aromatic carbocycles. The molecular weight excluding hydrogens is 402 g/mol. The highest BCUT2D eigenvalue weighted by atomic mass is 16.5. The van der Waals surface area contributed by atoms with Crippen molar-refractivity contribution in [3.05, 3.63) is 66.4 Å². The van der Waals surface area contributed by atoms with Crippen LogP contribution in [0.3, 0.4) is 0 Å². The van der Waals surface area contributed by atoms with Gasteiger partial charge >= 0.3 is 0 Å². The van der Waals surface area contributed by atoms with Gasteiger partial charge in [0.05, 0.1) is 45.0 Å². The van der Waals surface area contributed by atoms with Crippen LogP contribution < -0.4 is 23.5 Å². The second-order valence-corrected chi connectivity index (χ2v) is 7.82. The number of rotatable bonds is 5. The smallest absolute Gasteiger partial charge is 0.221 e. The van der Waals surface area contributed by atoms with E-state index in [1.165, 1.54) is 5.56 Å². The fraction of sp³-hybridized carbons (Fsp3) is 0.222. The SMILES string of the molecule is COc1cc2c(cc1OC)-c1c(-c3ccccc3)c3cc(OC)c(OC)cc3c[n+]1CC2. The third kappa shape index (κ3) is 3.12. The highest BCUT2D eigenvalue weighted by Crippen LogP contribution is 2.44. The Morgan fingerprint density at radius 1 is 0.719 bits per heavy atom. The second-order valence-electron chi connectivity index (χ2n) is 7.82. The molecule has 4 aromatic rings. The maximum Gasteiger partial charge on any atom is 0.221 e. The highest BCUT2D eigenvalue weighted by Gasteiger charge is 2.31. The van der Waals surface area contributed by atoms with Crippen molar-refractivity contribution in [2.75, 3.05) is 28.4 Å². The maximum atomic E-state index is 5.65. The van der Waals surface area contributed by atoms with E-state index in [4.69, 9.17) is 18.9 Å². The number of aryl methyl sites for hydroxylation is 2. The zero-order chi connectivity index (χ0) is 22.2. The Kier molecular flexibility index (Phi) is 5.10. The summed E-state index contributed by atoms with van der Waals surface area (Å²) >= 11 is 0. The molecule has 1 aromatic heterocycles. The molecule has 5 nitrogen and oxygen atoms in total. The van der Waals surface area contributed by atoms with E-state index in [1.807, 2.05) is 6.07 Å². The molecule has 0 bridgehead atoms. The zero-order valence-electron chi connectivity index (χ0n) is 18.8. The van der Waals surface area contributed by atoms with Crippen molar-refractivity contribution in [2.45, 2.75) is 13.0 Å². The van der Waals surface area contributed by atoms with Gasteiger partial charge in [0.1, 0.15) is 0 Å². The summed E-state index contributed by atoms with van der Waals surface area (Å²) in [5.74, 6) is 2.92.